The minimum Gasteiger partial charge on any atom is -0.385 e. The van der Waals surface area contributed by atoms with Crippen LogP contribution in [-0.2, 0) is 4.79 Å². The molecule has 0 saturated heterocycles. The Hall–Kier alpha value is -0.780. The second-order valence-electron chi connectivity index (χ2n) is 3.91. The molecule has 0 bridgehead atoms. The van der Waals surface area contributed by atoms with Crippen LogP contribution in [0.25, 0.3) is 0 Å². The van der Waals surface area contributed by atoms with Crippen molar-refractivity contribution in [3.8, 4) is 0 Å². The van der Waals surface area contributed by atoms with E-state index in [1.807, 2.05) is 38.1 Å². The number of anilines is 1. The van der Waals surface area contributed by atoms with E-state index in [2.05, 4.69) is 33.2 Å². The second kappa shape index (κ2) is 6.73. The second-order valence-corrected chi connectivity index (χ2v) is 5.15. The Labute approximate surface area is 110 Å². The molecule has 88 valence electrons. The van der Waals surface area contributed by atoms with E-state index in [9.17, 15) is 4.79 Å². The van der Waals surface area contributed by atoms with Gasteiger partial charge in [-0.15, -0.1) is 0 Å². The van der Waals surface area contributed by atoms with Crippen LogP contribution in [0.2, 0.25) is 0 Å². The van der Waals surface area contributed by atoms with Crippen molar-refractivity contribution in [3.63, 3.8) is 0 Å². The van der Waals surface area contributed by atoms with Crippen molar-refractivity contribution in [2.24, 2.45) is 0 Å². The molecule has 0 radical (unpaired) electrons. The number of amides is 1. The van der Waals surface area contributed by atoms with Crippen LogP contribution in [0.15, 0.2) is 24.3 Å². The van der Waals surface area contributed by atoms with Gasteiger partial charge in [0.05, 0.1) is 0 Å². The number of nitrogens with one attached hydrogen (secondary N) is 2. The average molecular weight is 332 g/mol. The summed E-state index contributed by atoms with van der Waals surface area (Å²) in [6.45, 7) is 4.59. The Morgan fingerprint density at radius 3 is 2.50 bits per heavy atom. The van der Waals surface area contributed by atoms with Gasteiger partial charge in [-0.05, 0) is 60.7 Å². The first-order chi connectivity index (χ1) is 7.58. The van der Waals surface area contributed by atoms with E-state index < -0.39 is 0 Å². The van der Waals surface area contributed by atoms with E-state index in [0.29, 0.717) is 13.0 Å². The van der Waals surface area contributed by atoms with Gasteiger partial charge in [0.15, 0.2) is 0 Å². The maximum Gasteiger partial charge on any atom is 0.221 e. The summed E-state index contributed by atoms with van der Waals surface area (Å²) in [7, 11) is 0. The number of benzene rings is 1. The van der Waals surface area contributed by atoms with Crippen molar-refractivity contribution in [3.05, 3.63) is 27.8 Å². The van der Waals surface area contributed by atoms with Crippen molar-refractivity contribution in [2.45, 2.75) is 26.3 Å². The van der Waals surface area contributed by atoms with Crippen molar-refractivity contribution >= 4 is 34.2 Å². The highest BCUT2D eigenvalue weighted by atomic mass is 127. The van der Waals surface area contributed by atoms with Crippen LogP contribution in [0.1, 0.15) is 20.3 Å². The molecule has 0 aliphatic heterocycles. The van der Waals surface area contributed by atoms with Gasteiger partial charge in [-0.25, -0.2) is 0 Å². The summed E-state index contributed by atoms with van der Waals surface area (Å²) >= 11 is 2.27. The predicted molar refractivity (Wildman–Crippen MR) is 75.5 cm³/mol. The molecule has 0 aliphatic rings. The molecule has 0 atom stereocenters. The normalized spacial score (nSPS) is 10.2. The topological polar surface area (TPSA) is 41.1 Å². The summed E-state index contributed by atoms with van der Waals surface area (Å²) < 4.78 is 1.21. The highest BCUT2D eigenvalue weighted by Crippen LogP contribution is 2.10. The van der Waals surface area contributed by atoms with Gasteiger partial charge in [-0.1, -0.05) is 0 Å². The highest BCUT2D eigenvalue weighted by Gasteiger charge is 2.02. The minimum atomic E-state index is 0.0908. The fourth-order valence-corrected chi connectivity index (χ4v) is 1.64. The monoisotopic (exact) mass is 332 g/mol. The van der Waals surface area contributed by atoms with Gasteiger partial charge in [0.1, 0.15) is 0 Å². The van der Waals surface area contributed by atoms with Crippen molar-refractivity contribution in [2.75, 3.05) is 11.9 Å². The molecule has 0 unspecified atom stereocenters. The summed E-state index contributed by atoms with van der Waals surface area (Å²) in [6, 6.07) is 8.32. The zero-order valence-electron chi connectivity index (χ0n) is 9.59. The number of hydrogen-bond acceptors (Lipinski definition) is 2. The Morgan fingerprint density at radius 1 is 1.31 bits per heavy atom. The molecule has 1 amide bonds. The van der Waals surface area contributed by atoms with Gasteiger partial charge in [0.25, 0.3) is 0 Å². The van der Waals surface area contributed by atoms with Gasteiger partial charge in [-0.2, -0.15) is 0 Å². The Bertz CT molecular complexity index is 335. The molecule has 16 heavy (non-hydrogen) atoms. The zero-order chi connectivity index (χ0) is 12.0. The molecule has 1 aromatic rings. The maximum absolute atomic E-state index is 11.3. The third-order valence-electron chi connectivity index (χ3n) is 1.98. The molecule has 0 fully saturated rings. The van der Waals surface area contributed by atoms with Crippen LogP contribution in [0.3, 0.4) is 0 Å². The Morgan fingerprint density at radius 2 is 1.94 bits per heavy atom. The van der Waals surface area contributed by atoms with E-state index in [1.165, 1.54) is 3.57 Å². The lowest BCUT2D eigenvalue weighted by Gasteiger charge is -2.09. The van der Waals surface area contributed by atoms with Crippen LogP contribution < -0.4 is 10.6 Å². The summed E-state index contributed by atoms with van der Waals surface area (Å²) in [5.41, 5.74) is 1.05. The largest absolute Gasteiger partial charge is 0.385 e. The van der Waals surface area contributed by atoms with E-state index in [4.69, 9.17) is 0 Å². The minimum absolute atomic E-state index is 0.0908. The fraction of sp³-hybridized carbons (Fsp3) is 0.417. The fourth-order valence-electron chi connectivity index (χ4n) is 1.28. The van der Waals surface area contributed by atoms with Gasteiger partial charge >= 0.3 is 0 Å². The number of carbonyl (C=O) groups is 1. The summed E-state index contributed by atoms with van der Waals surface area (Å²) in [6.07, 6.45) is 0.504. The summed E-state index contributed by atoms with van der Waals surface area (Å²) in [4.78, 5) is 11.3. The molecule has 1 aromatic carbocycles. The maximum atomic E-state index is 11.3. The van der Waals surface area contributed by atoms with Crippen LogP contribution in [0.5, 0.6) is 0 Å². The van der Waals surface area contributed by atoms with Gasteiger partial charge < -0.3 is 10.6 Å². The molecule has 3 nitrogen and oxygen atoms in total. The first-order valence-electron chi connectivity index (χ1n) is 5.36. The Balaban J connectivity index is 2.25. The van der Waals surface area contributed by atoms with Gasteiger partial charge in [-0.3, -0.25) is 4.79 Å². The molecule has 0 spiro atoms. The smallest absolute Gasteiger partial charge is 0.221 e. The molecular formula is C12H17IN2O. The number of carbonyl (C=O) groups excluding carboxylic acids is 1. The number of halogens is 1. The predicted octanol–water partition coefficient (Wildman–Crippen LogP) is 2.62. The average Bonchev–Trinajstić information content (AvgIpc) is 2.20. The molecule has 4 heteroatoms. The van der Waals surface area contributed by atoms with E-state index >= 15 is 0 Å². The third kappa shape index (κ3) is 5.34. The zero-order valence-corrected chi connectivity index (χ0v) is 11.7. The molecule has 0 saturated carbocycles. The van der Waals surface area contributed by atoms with Crippen molar-refractivity contribution in [1.29, 1.82) is 0 Å². The molecule has 2 N–H and O–H groups in total. The van der Waals surface area contributed by atoms with Gasteiger partial charge in [0, 0.05) is 28.3 Å². The SMILES string of the molecule is CC(C)NC(=O)CCNc1ccc(I)cc1. The molecule has 0 aliphatic carbocycles. The van der Waals surface area contributed by atoms with Crippen LogP contribution >= 0.6 is 22.6 Å². The standard InChI is InChI=1S/C12H17IN2O/c1-9(2)15-12(16)7-8-14-11-5-3-10(13)4-6-11/h3-6,9,14H,7-8H2,1-2H3,(H,15,16). The molecule has 0 heterocycles. The summed E-state index contributed by atoms with van der Waals surface area (Å²) in [5, 5.41) is 6.07. The molecule has 0 aromatic heterocycles. The lowest BCUT2D eigenvalue weighted by Crippen LogP contribution is -2.31. The van der Waals surface area contributed by atoms with Crippen molar-refractivity contribution < 1.29 is 4.79 Å². The van der Waals surface area contributed by atoms with Gasteiger partial charge in [0.2, 0.25) is 5.91 Å². The lowest BCUT2D eigenvalue weighted by atomic mass is 10.3. The van der Waals surface area contributed by atoms with Crippen LogP contribution in [0.4, 0.5) is 5.69 Å². The lowest BCUT2D eigenvalue weighted by molar-refractivity contribution is -0.121. The number of rotatable bonds is 5. The molecule has 1 rings (SSSR count). The highest BCUT2D eigenvalue weighted by molar-refractivity contribution is 14.1. The van der Waals surface area contributed by atoms with E-state index in [1.54, 1.807) is 0 Å². The van der Waals surface area contributed by atoms with Crippen LogP contribution in [-0.4, -0.2) is 18.5 Å². The molecular weight excluding hydrogens is 315 g/mol. The summed E-state index contributed by atoms with van der Waals surface area (Å²) in [5.74, 6) is 0.0908. The van der Waals surface area contributed by atoms with Crippen LogP contribution in [0, 0.1) is 3.57 Å². The first kappa shape index (κ1) is 13.3. The van der Waals surface area contributed by atoms with Crippen molar-refractivity contribution in [1.82, 2.24) is 5.32 Å². The van der Waals surface area contributed by atoms with E-state index in [0.717, 1.165) is 5.69 Å². The van der Waals surface area contributed by atoms with E-state index in [-0.39, 0.29) is 11.9 Å². The first-order valence-corrected chi connectivity index (χ1v) is 6.44. The number of hydrogen-bond donors (Lipinski definition) is 2. The third-order valence-corrected chi connectivity index (χ3v) is 2.69. The Kier molecular flexibility index (Phi) is 5.59. The quantitative estimate of drug-likeness (QED) is 0.814.